The molecule has 0 radical (unpaired) electrons. The van der Waals surface area contributed by atoms with Gasteiger partial charge in [-0.25, -0.2) is 9.59 Å². The molecule has 0 aliphatic rings. The molecular weight excluding hydrogens is 759 g/mol. The van der Waals surface area contributed by atoms with Gasteiger partial charge in [0.1, 0.15) is 36.9 Å². The van der Waals surface area contributed by atoms with Crippen LogP contribution in [-0.2, 0) is 46.4 Å². The van der Waals surface area contributed by atoms with Gasteiger partial charge in [-0.3, -0.25) is 24.0 Å². The Bertz CT molecular complexity index is 1820. The zero-order valence-corrected chi connectivity index (χ0v) is 34.4. The summed E-state index contributed by atoms with van der Waals surface area (Å²) in [5.41, 5.74) is 1.09. The van der Waals surface area contributed by atoms with E-state index in [2.05, 4.69) is 26.6 Å². The number of hydrogen-bond acceptors (Lipinski definition) is 10. The molecule has 15 heteroatoms. The summed E-state index contributed by atoms with van der Waals surface area (Å²) in [7, 11) is 0. The van der Waals surface area contributed by atoms with Crippen LogP contribution in [0.2, 0.25) is 0 Å². The average molecular weight is 816 g/mol. The first-order valence-corrected chi connectivity index (χ1v) is 19.7. The van der Waals surface area contributed by atoms with Gasteiger partial charge in [-0.1, -0.05) is 105 Å². The Labute approximate surface area is 345 Å². The summed E-state index contributed by atoms with van der Waals surface area (Å²) >= 11 is 0. The van der Waals surface area contributed by atoms with Crippen molar-refractivity contribution in [1.29, 1.82) is 0 Å². The number of carbonyl (C=O) groups excluding carboxylic acids is 7. The summed E-state index contributed by atoms with van der Waals surface area (Å²) in [5.74, 6) is -3.33. The normalized spacial score (nSPS) is 12.5. The molecular formula is C44H57N5O10. The number of ether oxygens (including phenoxy) is 3. The van der Waals surface area contributed by atoms with Crippen molar-refractivity contribution in [2.24, 2.45) is 5.92 Å². The Balaban J connectivity index is 1.71. The lowest BCUT2D eigenvalue weighted by atomic mass is 10.0. The minimum absolute atomic E-state index is 0.0153. The summed E-state index contributed by atoms with van der Waals surface area (Å²) in [6.07, 6.45) is -0.276. The molecule has 0 bridgehead atoms. The Morgan fingerprint density at radius 3 is 1.80 bits per heavy atom. The molecule has 0 spiro atoms. The minimum atomic E-state index is -1.19. The smallest absolute Gasteiger partial charge is 0.408 e. The van der Waals surface area contributed by atoms with Crippen LogP contribution in [0.5, 0.6) is 0 Å². The van der Waals surface area contributed by atoms with Gasteiger partial charge in [-0.05, 0) is 63.5 Å². The Kier molecular flexibility index (Phi) is 19.6. The zero-order valence-electron chi connectivity index (χ0n) is 34.4. The molecule has 0 aliphatic heterocycles. The number of esters is 1. The second-order valence-corrected chi connectivity index (χ2v) is 15.3. The minimum Gasteiger partial charge on any atom is -0.456 e. The molecule has 0 unspecified atom stereocenters. The monoisotopic (exact) mass is 815 g/mol. The van der Waals surface area contributed by atoms with E-state index in [0.29, 0.717) is 24.0 Å². The van der Waals surface area contributed by atoms with Gasteiger partial charge in [0.05, 0.1) is 0 Å². The van der Waals surface area contributed by atoms with E-state index >= 15 is 0 Å². The van der Waals surface area contributed by atoms with Crippen molar-refractivity contribution in [3.63, 3.8) is 0 Å². The van der Waals surface area contributed by atoms with Crippen molar-refractivity contribution in [2.75, 3.05) is 19.7 Å². The number of Topliss-reactive ketones (excluding diaryl/α,β-unsaturated/α-hetero) is 1. The lowest BCUT2D eigenvalue weighted by molar-refractivity contribution is -0.143. The summed E-state index contributed by atoms with van der Waals surface area (Å²) in [4.78, 5) is 91.3. The maximum Gasteiger partial charge on any atom is 0.408 e. The third-order valence-corrected chi connectivity index (χ3v) is 8.53. The standard InChI is InChI=1S/C44H57N5O10/c1-30(2)25-35(49-43(56)59-44(3,4)5)40(53)48-36(26-31-17-9-6-10-18-31)41(54)47-34(23-15-16-24-45-42(55)58-28-32-19-11-7-12-20-32)39(52)46-27-38(51)57-29-37(50)33-21-13-8-14-22-33/h6-14,17-22,30,34-36H,15-16,23-29H2,1-5H3,(H,45,55)(H,46,52)(H,47,54)(H,48,53)(H,49,56)/t34-,35-,36-/m0/s1. The summed E-state index contributed by atoms with van der Waals surface area (Å²) in [5, 5.41) is 13.3. The van der Waals surface area contributed by atoms with Gasteiger partial charge < -0.3 is 40.8 Å². The third-order valence-electron chi connectivity index (χ3n) is 8.53. The van der Waals surface area contributed by atoms with E-state index in [1.165, 1.54) is 0 Å². The van der Waals surface area contributed by atoms with Crippen LogP contribution >= 0.6 is 0 Å². The van der Waals surface area contributed by atoms with Crippen molar-refractivity contribution in [2.45, 2.75) is 97.1 Å². The summed E-state index contributed by atoms with van der Waals surface area (Å²) in [6.45, 7) is 8.06. The number of alkyl carbamates (subject to hydrolysis) is 2. The van der Waals surface area contributed by atoms with Crippen LogP contribution in [-0.4, -0.2) is 85.1 Å². The molecule has 5 N–H and O–H groups in total. The predicted molar refractivity (Wildman–Crippen MR) is 220 cm³/mol. The first-order chi connectivity index (χ1) is 28.1. The molecule has 0 saturated carbocycles. The van der Waals surface area contributed by atoms with Crippen molar-refractivity contribution in [3.8, 4) is 0 Å². The van der Waals surface area contributed by atoms with Gasteiger partial charge in [0.2, 0.25) is 17.7 Å². The molecule has 318 valence electrons. The van der Waals surface area contributed by atoms with Crippen LogP contribution in [0.25, 0.3) is 0 Å². The molecule has 0 heterocycles. The number of rotatable bonds is 22. The van der Waals surface area contributed by atoms with Crippen LogP contribution in [0, 0.1) is 5.92 Å². The van der Waals surface area contributed by atoms with Crippen LogP contribution in [0.4, 0.5) is 9.59 Å². The number of benzene rings is 3. The highest BCUT2D eigenvalue weighted by Gasteiger charge is 2.31. The Hall–Kier alpha value is -6.25. The van der Waals surface area contributed by atoms with E-state index in [9.17, 15) is 33.6 Å². The highest BCUT2D eigenvalue weighted by Crippen LogP contribution is 2.12. The average Bonchev–Trinajstić information content (AvgIpc) is 3.20. The number of ketones is 1. The van der Waals surface area contributed by atoms with Crippen molar-refractivity contribution in [3.05, 3.63) is 108 Å². The quantitative estimate of drug-likeness (QED) is 0.0406. The zero-order chi connectivity index (χ0) is 43.2. The highest BCUT2D eigenvalue weighted by molar-refractivity contribution is 5.98. The molecule has 3 atom stereocenters. The van der Waals surface area contributed by atoms with Crippen molar-refractivity contribution < 1.29 is 47.8 Å². The second-order valence-electron chi connectivity index (χ2n) is 15.3. The largest absolute Gasteiger partial charge is 0.456 e. The van der Waals surface area contributed by atoms with Crippen molar-refractivity contribution in [1.82, 2.24) is 26.6 Å². The first-order valence-electron chi connectivity index (χ1n) is 19.7. The Morgan fingerprint density at radius 2 is 1.19 bits per heavy atom. The summed E-state index contributed by atoms with van der Waals surface area (Å²) in [6, 6.07) is 23.0. The number of hydrogen-bond donors (Lipinski definition) is 5. The first kappa shape index (κ1) is 47.1. The van der Waals surface area contributed by atoms with E-state index in [-0.39, 0.29) is 38.3 Å². The van der Waals surface area contributed by atoms with E-state index < -0.39 is 78.5 Å². The van der Waals surface area contributed by atoms with Gasteiger partial charge in [0.15, 0.2) is 12.4 Å². The van der Waals surface area contributed by atoms with E-state index in [4.69, 9.17) is 14.2 Å². The fourth-order valence-corrected chi connectivity index (χ4v) is 5.65. The van der Waals surface area contributed by atoms with Gasteiger partial charge >= 0.3 is 18.2 Å². The fraction of sp³-hybridized carbons (Fsp3) is 0.432. The van der Waals surface area contributed by atoms with Gasteiger partial charge in [0, 0.05) is 18.5 Å². The lowest BCUT2D eigenvalue weighted by Gasteiger charge is -2.27. The third kappa shape index (κ3) is 19.2. The maximum absolute atomic E-state index is 14.0. The van der Waals surface area contributed by atoms with Crippen LogP contribution in [0.15, 0.2) is 91.0 Å². The van der Waals surface area contributed by atoms with Gasteiger partial charge in [-0.15, -0.1) is 0 Å². The fourth-order valence-electron chi connectivity index (χ4n) is 5.65. The predicted octanol–water partition coefficient (Wildman–Crippen LogP) is 4.78. The molecule has 5 amide bonds. The number of amides is 5. The Morgan fingerprint density at radius 1 is 0.610 bits per heavy atom. The molecule has 15 nitrogen and oxygen atoms in total. The van der Waals surface area contributed by atoms with E-state index in [1.807, 2.05) is 44.2 Å². The molecule has 3 rings (SSSR count). The maximum atomic E-state index is 14.0. The molecule has 0 fully saturated rings. The lowest BCUT2D eigenvalue weighted by Crippen LogP contribution is -2.58. The molecule has 3 aromatic rings. The van der Waals surface area contributed by atoms with Crippen LogP contribution in [0.1, 0.15) is 81.8 Å². The summed E-state index contributed by atoms with van der Waals surface area (Å²) < 4.78 is 15.7. The SMILES string of the molecule is CC(C)C[C@H](NC(=O)OC(C)(C)C)C(=O)N[C@@H](Cc1ccccc1)C(=O)N[C@@H](CCCCNC(=O)OCc1ccccc1)C(=O)NCC(=O)OCC(=O)c1ccccc1. The molecule has 0 aliphatic carbocycles. The van der Waals surface area contributed by atoms with Crippen molar-refractivity contribution >= 4 is 41.7 Å². The molecule has 0 saturated heterocycles. The number of carbonyl (C=O) groups is 7. The second kappa shape index (κ2) is 24.5. The topological polar surface area (TPSA) is 207 Å². The van der Waals surface area contributed by atoms with Gasteiger partial charge in [0.25, 0.3) is 0 Å². The molecule has 0 aromatic heterocycles. The molecule has 3 aromatic carbocycles. The highest BCUT2D eigenvalue weighted by atomic mass is 16.6. The van der Waals surface area contributed by atoms with E-state index in [1.54, 1.807) is 81.4 Å². The number of unbranched alkanes of at least 4 members (excludes halogenated alkanes) is 1. The molecule has 59 heavy (non-hydrogen) atoms. The number of nitrogens with one attached hydrogen (secondary N) is 5. The van der Waals surface area contributed by atoms with Crippen LogP contribution in [0.3, 0.4) is 0 Å². The van der Waals surface area contributed by atoms with E-state index in [0.717, 1.165) is 5.56 Å². The van der Waals surface area contributed by atoms with Gasteiger partial charge in [-0.2, -0.15) is 0 Å². The van der Waals surface area contributed by atoms with Crippen LogP contribution < -0.4 is 26.6 Å².